The molecule has 1 aliphatic rings. The first-order valence-electron chi connectivity index (χ1n) is 7.93. The molecule has 0 aromatic heterocycles. The van der Waals surface area contributed by atoms with Gasteiger partial charge in [-0.15, -0.1) is 0 Å². The average Bonchev–Trinajstić information content (AvgIpc) is 2.76. The Kier molecular flexibility index (Phi) is 6.06. The quantitative estimate of drug-likeness (QED) is 0.899. The first-order chi connectivity index (χ1) is 10.8. The summed E-state index contributed by atoms with van der Waals surface area (Å²) in [7, 11) is -3.68. The summed E-state index contributed by atoms with van der Waals surface area (Å²) in [4.78, 5) is 12.1. The Morgan fingerprint density at radius 2 is 1.78 bits per heavy atom. The lowest BCUT2D eigenvalue weighted by atomic mass is 10.2. The smallest absolute Gasteiger partial charge is 0.251 e. The van der Waals surface area contributed by atoms with Gasteiger partial charge in [-0.25, -0.2) is 8.42 Å². The van der Waals surface area contributed by atoms with Crippen molar-refractivity contribution in [1.29, 1.82) is 0 Å². The topological polar surface area (TPSA) is 66.5 Å². The lowest BCUT2D eigenvalue weighted by molar-refractivity contribution is 0.0943. The molecule has 0 unspecified atom stereocenters. The highest BCUT2D eigenvalue weighted by molar-refractivity contribution is 7.89. The molecule has 1 fully saturated rings. The SMILES string of the molecule is CC(C)NC(=O)c1ccc(Cl)c(S(=O)(=O)N2CCCCCC2)c1. The Hall–Kier alpha value is -1.11. The first-order valence-corrected chi connectivity index (χ1v) is 9.75. The van der Waals surface area contributed by atoms with Gasteiger partial charge in [-0.05, 0) is 44.9 Å². The van der Waals surface area contributed by atoms with Gasteiger partial charge in [0.2, 0.25) is 10.0 Å². The maximum atomic E-state index is 12.9. The molecule has 0 saturated carbocycles. The predicted molar refractivity (Wildman–Crippen MR) is 91.3 cm³/mol. The molecule has 5 nitrogen and oxygen atoms in total. The molecule has 1 N–H and O–H groups in total. The number of sulfonamides is 1. The number of carbonyl (C=O) groups excluding carboxylic acids is 1. The summed E-state index contributed by atoms with van der Waals surface area (Å²) in [6.07, 6.45) is 3.78. The van der Waals surface area contributed by atoms with Crippen LogP contribution in [0.1, 0.15) is 49.9 Å². The van der Waals surface area contributed by atoms with Gasteiger partial charge < -0.3 is 5.32 Å². The van der Waals surface area contributed by atoms with E-state index in [2.05, 4.69) is 5.32 Å². The van der Waals surface area contributed by atoms with Crippen LogP contribution < -0.4 is 5.32 Å². The summed E-state index contributed by atoms with van der Waals surface area (Å²) in [5.74, 6) is -0.302. The molecule has 0 aliphatic carbocycles. The van der Waals surface area contributed by atoms with E-state index in [9.17, 15) is 13.2 Å². The standard InChI is InChI=1S/C16H23ClN2O3S/c1-12(2)18-16(20)13-7-8-14(17)15(11-13)23(21,22)19-9-5-3-4-6-10-19/h7-8,11-12H,3-6,9-10H2,1-2H3,(H,18,20). The Labute approximate surface area is 143 Å². The fourth-order valence-electron chi connectivity index (χ4n) is 2.61. The minimum Gasteiger partial charge on any atom is -0.350 e. The lowest BCUT2D eigenvalue weighted by Crippen LogP contribution is -2.33. The van der Waals surface area contributed by atoms with Crippen LogP contribution in [0.25, 0.3) is 0 Å². The molecule has 1 aromatic rings. The van der Waals surface area contributed by atoms with E-state index in [4.69, 9.17) is 11.6 Å². The second kappa shape index (κ2) is 7.64. The Morgan fingerprint density at radius 1 is 1.17 bits per heavy atom. The molecule has 1 saturated heterocycles. The summed E-state index contributed by atoms with van der Waals surface area (Å²) in [6.45, 7) is 4.70. The van der Waals surface area contributed by atoms with Crippen molar-refractivity contribution in [2.45, 2.75) is 50.5 Å². The molecule has 1 aliphatic heterocycles. The second-order valence-corrected chi connectivity index (χ2v) is 8.41. The van der Waals surface area contributed by atoms with Crippen LogP contribution in [0.2, 0.25) is 5.02 Å². The van der Waals surface area contributed by atoms with E-state index in [0.29, 0.717) is 18.7 Å². The molecular weight excluding hydrogens is 336 g/mol. The Morgan fingerprint density at radius 3 is 2.35 bits per heavy atom. The van der Waals surface area contributed by atoms with Crippen LogP contribution in [0, 0.1) is 0 Å². The molecule has 1 aromatic carbocycles. The fraction of sp³-hybridized carbons (Fsp3) is 0.562. The van der Waals surface area contributed by atoms with E-state index in [1.807, 2.05) is 13.8 Å². The number of halogens is 1. The zero-order valence-corrected chi connectivity index (χ0v) is 15.1. The van der Waals surface area contributed by atoms with Gasteiger partial charge in [-0.1, -0.05) is 24.4 Å². The van der Waals surface area contributed by atoms with Crippen LogP contribution in [-0.2, 0) is 10.0 Å². The molecule has 7 heteroatoms. The normalized spacial score (nSPS) is 17.0. The Bertz CT molecular complexity index is 666. The minimum atomic E-state index is -3.68. The molecule has 0 radical (unpaired) electrons. The van der Waals surface area contributed by atoms with Crippen LogP contribution in [-0.4, -0.2) is 37.8 Å². The zero-order chi connectivity index (χ0) is 17.0. The van der Waals surface area contributed by atoms with Crippen LogP contribution in [0.4, 0.5) is 0 Å². The highest BCUT2D eigenvalue weighted by Crippen LogP contribution is 2.27. The highest BCUT2D eigenvalue weighted by Gasteiger charge is 2.28. The molecule has 2 rings (SSSR count). The van der Waals surface area contributed by atoms with Crippen LogP contribution in [0.3, 0.4) is 0 Å². The van der Waals surface area contributed by atoms with Crippen LogP contribution >= 0.6 is 11.6 Å². The van der Waals surface area contributed by atoms with Gasteiger partial charge in [-0.3, -0.25) is 4.79 Å². The number of hydrogen-bond acceptors (Lipinski definition) is 3. The number of carbonyl (C=O) groups is 1. The first kappa shape index (κ1) is 18.2. The van der Waals surface area contributed by atoms with E-state index in [1.165, 1.54) is 16.4 Å². The summed E-state index contributed by atoms with van der Waals surface area (Å²) in [5, 5.41) is 2.90. The molecule has 23 heavy (non-hydrogen) atoms. The third kappa shape index (κ3) is 4.46. The second-order valence-electron chi connectivity index (χ2n) is 6.09. The Balaban J connectivity index is 2.35. The van der Waals surface area contributed by atoms with Crippen molar-refractivity contribution in [3.05, 3.63) is 28.8 Å². The zero-order valence-electron chi connectivity index (χ0n) is 13.5. The molecule has 0 spiro atoms. The summed E-state index contributed by atoms with van der Waals surface area (Å²) in [6, 6.07) is 4.37. The van der Waals surface area contributed by atoms with Crippen LogP contribution in [0.15, 0.2) is 23.1 Å². The minimum absolute atomic E-state index is 0.0115. The average molecular weight is 359 g/mol. The van der Waals surface area contributed by atoms with Gasteiger partial charge in [0, 0.05) is 24.7 Å². The molecule has 1 heterocycles. The van der Waals surface area contributed by atoms with Gasteiger partial charge in [0.25, 0.3) is 5.91 Å². The maximum Gasteiger partial charge on any atom is 0.251 e. The molecule has 128 valence electrons. The number of rotatable bonds is 4. The van der Waals surface area contributed by atoms with Crippen LogP contribution in [0.5, 0.6) is 0 Å². The van der Waals surface area contributed by atoms with Gasteiger partial charge in [-0.2, -0.15) is 4.31 Å². The number of benzene rings is 1. The van der Waals surface area contributed by atoms with Crippen molar-refractivity contribution in [2.24, 2.45) is 0 Å². The van der Waals surface area contributed by atoms with Crippen molar-refractivity contribution >= 4 is 27.5 Å². The monoisotopic (exact) mass is 358 g/mol. The lowest BCUT2D eigenvalue weighted by Gasteiger charge is -2.21. The molecule has 0 atom stereocenters. The number of amides is 1. The molecular formula is C16H23ClN2O3S. The van der Waals surface area contributed by atoms with Crippen molar-refractivity contribution in [1.82, 2.24) is 9.62 Å². The van der Waals surface area contributed by atoms with E-state index in [-0.39, 0.29) is 21.9 Å². The van der Waals surface area contributed by atoms with Gasteiger partial charge in [0.05, 0.1) is 5.02 Å². The van der Waals surface area contributed by atoms with E-state index < -0.39 is 10.0 Å². The molecule has 0 bridgehead atoms. The third-order valence-electron chi connectivity index (χ3n) is 3.80. The van der Waals surface area contributed by atoms with E-state index >= 15 is 0 Å². The van der Waals surface area contributed by atoms with E-state index in [1.54, 1.807) is 6.07 Å². The molecule has 1 amide bonds. The maximum absolute atomic E-state index is 12.9. The number of nitrogens with zero attached hydrogens (tertiary/aromatic N) is 1. The number of hydrogen-bond donors (Lipinski definition) is 1. The van der Waals surface area contributed by atoms with Crippen molar-refractivity contribution in [3.63, 3.8) is 0 Å². The summed E-state index contributed by atoms with van der Waals surface area (Å²) < 4.78 is 27.2. The summed E-state index contributed by atoms with van der Waals surface area (Å²) >= 11 is 6.11. The van der Waals surface area contributed by atoms with Crippen molar-refractivity contribution in [2.75, 3.05) is 13.1 Å². The van der Waals surface area contributed by atoms with E-state index in [0.717, 1.165) is 25.7 Å². The predicted octanol–water partition coefficient (Wildman–Crippen LogP) is 3.04. The van der Waals surface area contributed by atoms with Gasteiger partial charge >= 0.3 is 0 Å². The van der Waals surface area contributed by atoms with Gasteiger partial charge in [0.1, 0.15) is 4.90 Å². The van der Waals surface area contributed by atoms with Crippen molar-refractivity contribution in [3.8, 4) is 0 Å². The van der Waals surface area contributed by atoms with Crippen molar-refractivity contribution < 1.29 is 13.2 Å². The number of nitrogens with one attached hydrogen (secondary N) is 1. The fourth-order valence-corrected chi connectivity index (χ4v) is 4.63. The summed E-state index contributed by atoms with van der Waals surface area (Å²) in [5.41, 5.74) is 0.302. The largest absolute Gasteiger partial charge is 0.350 e. The highest BCUT2D eigenvalue weighted by atomic mass is 35.5. The van der Waals surface area contributed by atoms with Gasteiger partial charge in [0.15, 0.2) is 0 Å². The third-order valence-corrected chi connectivity index (χ3v) is 6.18.